The molecule has 0 saturated carbocycles. The summed E-state index contributed by atoms with van der Waals surface area (Å²) in [7, 11) is 1.34. The first-order valence-electron chi connectivity index (χ1n) is 9.24. The lowest BCUT2D eigenvalue weighted by atomic mass is 9.72. The van der Waals surface area contributed by atoms with E-state index < -0.39 is 8.56 Å². The number of rotatable bonds is 7. The molecule has 0 saturated heterocycles. The zero-order chi connectivity index (χ0) is 18.0. The highest BCUT2D eigenvalue weighted by atomic mass is 28.4. The van der Waals surface area contributed by atoms with Gasteiger partial charge in [0.15, 0.2) is 0 Å². The molecule has 1 aliphatic rings. The molecule has 0 N–H and O–H groups in total. The number of fused-ring (bicyclic) bond motifs is 1. The molecular weight excluding hydrogens is 312 g/mol. The maximum atomic E-state index is 6.26. The van der Waals surface area contributed by atoms with Crippen molar-refractivity contribution in [2.75, 3.05) is 14.2 Å². The summed E-state index contributed by atoms with van der Waals surface area (Å²) >= 11 is 0. The van der Waals surface area contributed by atoms with Crippen LogP contribution in [0.1, 0.15) is 58.6 Å². The molecule has 2 rings (SSSR count). The van der Waals surface area contributed by atoms with E-state index in [0.29, 0.717) is 11.5 Å². The van der Waals surface area contributed by atoms with Crippen molar-refractivity contribution in [2.24, 2.45) is 5.92 Å². The van der Waals surface area contributed by atoms with Crippen LogP contribution in [0.2, 0.25) is 11.6 Å². The average Bonchev–Trinajstić information content (AvgIpc) is 2.57. The Hall–Kier alpha value is -0.903. The number of allylic oxidation sites excluding steroid dienone is 1. The Bertz CT molecular complexity index is 583. The molecule has 0 fully saturated rings. The van der Waals surface area contributed by atoms with Crippen molar-refractivity contribution in [3.8, 4) is 0 Å². The second kappa shape index (κ2) is 7.55. The summed E-state index contributed by atoms with van der Waals surface area (Å²) in [5, 5.41) is 0. The Balaban J connectivity index is 2.54. The highest BCUT2D eigenvalue weighted by Gasteiger charge is 2.54. The molecule has 2 nitrogen and oxygen atoms in total. The Labute approximate surface area is 149 Å². The molecule has 1 aromatic carbocycles. The largest absolute Gasteiger partial charge is 0.397 e. The van der Waals surface area contributed by atoms with Crippen LogP contribution in [0.3, 0.4) is 0 Å². The predicted molar refractivity (Wildman–Crippen MR) is 106 cm³/mol. The summed E-state index contributed by atoms with van der Waals surface area (Å²) in [6.07, 6.45) is 4.72. The maximum Gasteiger partial charge on any atom is 0.346 e. The molecule has 1 aromatic rings. The molecule has 3 heteroatoms. The Morgan fingerprint density at radius 3 is 2.21 bits per heavy atom. The van der Waals surface area contributed by atoms with Crippen LogP contribution < -0.4 is 0 Å². The molecular formula is C21H34O2Si. The van der Waals surface area contributed by atoms with Gasteiger partial charge in [-0.2, -0.15) is 0 Å². The fraction of sp³-hybridized carbons (Fsp3) is 0.619. The first-order valence-corrected chi connectivity index (χ1v) is 11.3. The van der Waals surface area contributed by atoms with E-state index in [9.17, 15) is 0 Å². The van der Waals surface area contributed by atoms with Gasteiger partial charge in [0, 0.05) is 19.8 Å². The normalized spacial score (nSPS) is 20.0. The standard InChI is InChI=1S/C21H34O2Si/c1-8-17(9-2)15-24(22-6,23-7)20-16(3)14-18-12-10-11-13-19(18)21(20,4)5/h10-14,17,20H,8-9,15H2,1-7H3. The zero-order valence-electron chi connectivity index (χ0n) is 16.5. The van der Waals surface area contributed by atoms with E-state index in [1.54, 1.807) is 0 Å². The fourth-order valence-electron chi connectivity index (χ4n) is 4.74. The molecule has 0 spiro atoms. The summed E-state index contributed by atoms with van der Waals surface area (Å²) in [6.45, 7) is 11.5. The van der Waals surface area contributed by atoms with E-state index in [0.717, 1.165) is 6.04 Å². The quantitative estimate of drug-likeness (QED) is 0.570. The summed E-state index contributed by atoms with van der Waals surface area (Å²) in [5.74, 6) is 0.664. The summed E-state index contributed by atoms with van der Waals surface area (Å²) < 4.78 is 12.5. The van der Waals surface area contributed by atoms with E-state index in [-0.39, 0.29) is 5.41 Å². The first-order chi connectivity index (χ1) is 11.4. The van der Waals surface area contributed by atoms with Gasteiger partial charge in [-0.25, -0.2) is 0 Å². The van der Waals surface area contributed by atoms with Gasteiger partial charge < -0.3 is 8.85 Å². The van der Waals surface area contributed by atoms with Crippen molar-refractivity contribution in [3.05, 3.63) is 41.0 Å². The Kier molecular flexibility index (Phi) is 6.11. The highest BCUT2D eigenvalue weighted by molar-refractivity contribution is 6.70. The van der Waals surface area contributed by atoms with Crippen molar-refractivity contribution in [1.29, 1.82) is 0 Å². The van der Waals surface area contributed by atoms with Crippen molar-refractivity contribution in [2.45, 2.75) is 64.5 Å². The third kappa shape index (κ3) is 3.26. The highest BCUT2D eigenvalue weighted by Crippen LogP contribution is 2.53. The van der Waals surface area contributed by atoms with Crippen LogP contribution in [-0.2, 0) is 14.3 Å². The van der Waals surface area contributed by atoms with Crippen molar-refractivity contribution in [1.82, 2.24) is 0 Å². The van der Waals surface area contributed by atoms with Crippen LogP contribution in [0, 0.1) is 5.92 Å². The van der Waals surface area contributed by atoms with Crippen LogP contribution >= 0.6 is 0 Å². The lowest BCUT2D eigenvalue weighted by Gasteiger charge is -2.48. The third-order valence-corrected chi connectivity index (χ3v) is 10.7. The van der Waals surface area contributed by atoms with Gasteiger partial charge >= 0.3 is 8.56 Å². The van der Waals surface area contributed by atoms with Crippen LogP contribution in [0.4, 0.5) is 0 Å². The van der Waals surface area contributed by atoms with E-state index in [2.05, 4.69) is 65.0 Å². The SMILES string of the molecule is CCC(CC)C[Si](OC)(OC)C1C(C)=Cc2ccccc2C1(C)C. The summed E-state index contributed by atoms with van der Waals surface area (Å²) in [6, 6.07) is 9.83. The molecule has 0 aromatic heterocycles. The van der Waals surface area contributed by atoms with Gasteiger partial charge in [0.25, 0.3) is 0 Å². The lowest BCUT2D eigenvalue weighted by Crippen LogP contribution is -2.53. The van der Waals surface area contributed by atoms with Crippen molar-refractivity contribution < 1.29 is 8.85 Å². The number of hydrogen-bond donors (Lipinski definition) is 0. The van der Waals surface area contributed by atoms with Crippen molar-refractivity contribution >= 4 is 14.6 Å². The summed E-state index contributed by atoms with van der Waals surface area (Å²) in [4.78, 5) is 0. The van der Waals surface area contributed by atoms with E-state index >= 15 is 0 Å². The molecule has 0 aliphatic heterocycles. The monoisotopic (exact) mass is 346 g/mol. The van der Waals surface area contributed by atoms with Crippen molar-refractivity contribution in [3.63, 3.8) is 0 Å². The molecule has 0 bridgehead atoms. The number of benzene rings is 1. The van der Waals surface area contributed by atoms with Crippen LogP contribution in [0.15, 0.2) is 29.8 Å². The summed E-state index contributed by atoms with van der Waals surface area (Å²) in [5.41, 5.74) is 4.50. The van der Waals surface area contributed by atoms with Gasteiger partial charge in [0.05, 0.1) is 0 Å². The lowest BCUT2D eigenvalue weighted by molar-refractivity contribution is 0.208. The smallest absolute Gasteiger partial charge is 0.346 e. The van der Waals surface area contributed by atoms with Gasteiger partial charge in [0.2, 0.25) is 0 Å². The van der Waals surface area contributed by atoms with E-state index in [1.165, 1.54) is 29.5 Å². The topological polar surface area (TPSA) is 18.5 Å². The predicted octanol–water partition coefficient (Wildman–Crippen LogP) is 5.92. The third-order valence-electron chi connectivity index (χ3n) is 6.07. The molecule has 1 aliphatic carbocycles. The molecule has 0 heterocycles. The molecule has 1 atom stereocenters. The first kappa shape index (κ1) is 19.4. The number of hydrogen-bond acceptors (Lipinski definition) is 2. The second-order valence-corrected chi connectivity index (χ2v) is 11.2. The zero-order valence-corrected chi connectivity index (χ0v) is 17.5. The van der Waals surface area contributed by atoms with Crippen LogP contribution in [-0.4, -0.2) is 22.8 Å². The molecule has 24 heavy (non-hydrogen) atoms. The van der Waals surface area contributed by atoms with Gasteiger partial charge in [-0.15, -0.1) is 0 Å². The molecule has 0 amide bonds. The average molecular weight is 347 g/mol. The van der Waals surface area contributed by atoms with E-state index in [4.69, 9.17) is 8.85 Å². The minimum atomic E-state index is -2.38. The van der Waals surface area contributed by atoms with Gasteiger partial charge in [-0.3, -0.25) is 0 Å². The minimum Gasteiger partial charge on any atom is -0.397 e. The minimum absolute atomic E-state index is 0.0136. The van der Waals surface area contributed by atoms with Crippen LogP contribution in [0.5, 0.6) is 0 Å². The maximum absolute atomic E-state index is 6.26. The molecule has 1 unspecified atom stereocenters. The van der Waals surface area contributed by atoms with E-state index in [1.807, 2.05) is 14.2 Å². The fourth-order valence-corrected chi connectivity index (χ4v) is 9.36. The Morgan fingerprint density at radius 1 is 1.08 bits per heavy atom. The van der Waals surface area contributed by atoms with Gasteiger partial charge in [-0.1, -0.05) is 76.5 Å². The Morgan fingerprint density at radius 2 is 1.67 bits per heavy atom. The molecule has 134 valence electrons. The van der Waals surface area contributed by atoms with Gasteiger partial charge in [0.1, 0.15) is 0 Å². The molecule has 0 radical (unpaired) electrons. The van der Waals surface area contributed by atoms with Gasteiger partial charge in [-0.05, 0) is 35.4 Å². The van der Waals surface area contributed by atoms with Crippen LogP contribution in [0.25, 0.3) is 6.08 Å². The second-order valence-electron chi connectivity index (χ2n) is 7.74.